The molecule has 3 rings (SSSR count). The first-order valence-electron chi connectivity index (χ1n) is 8.40. The lowest BCUT2D eigenvalue weighted by Gasteiger charge is -2.17. The molecule has 0 spiro atoms. The van der Waals surface area contributed by atoms with Gasteiger partial charge in [0.1, 0.15) is 0 Å². The van der Waals surface area contributed by atoms with Crippen LogP contribution in [0, 0.1) is 5.92 Å². The molecule has 21 heavy (non-hydrogen) atoms. The van der Waals surface area contributed by atoms with E-state index in [1.165, 1.54) is 43.2 Å². The summed E-state index contributed by atoms with van der Waals surface area (Å²) in [6, 6.07) is 6.46. The molecule has 1 aromatic carbocycles. The van der Waals surface area contributed by atoms with E-state index in [9.17, 15) is 4.79 Å². The highest BCUT2D eigenvalue weighted by Gasteiger charge is 2.18. The zero-order chi connectivity index (χ0) is 14.7. The molecule has 3 N–H and O–H groups in total. The lowest BCUT2D eigenvalue weighted by Crippen LogP contribution is -2.13. The van der Waals surface area contributed by atoms with E-state index in [4.69, 9.17) is 5.73 Å². The molecule has 114 valence electrons. The Labute approximate surface area is 127 Å². The van der Waals surface area contributed by atoms with Gasteiger partial charge in [-0.3, -0.25) is 4.79 Å². The maximum absolute atomic E-state index is 11.6. The number of carbonyl (C=O) groups is 1. The predicted molar refractivity (Wildman–Crippen MR) is 86.1 cm³/mol. The van der Waals surface area contributed by atoms with Crippen molar-refractivity contribution in [2.45, 2.75) is 63.8 Å². The van der Waals surface area contributed by atoms with E-state index in [0.29, 0.717) is 6.42 Å². The minimum Gasteiger partial charge on any atom is -0.326 e. The number of carbonyl (C=O) groups excluding carboxylic acids is 1. The summed E-state index contributed by atoms with van der Waals surface area (Å²) < 4.78 is 0. The van der Waals surface area contributed by atoms with Crippen molar-refractivity contribution < 1.29 is 4.79 Å². The second-order valence-electron chi connectivity index (χ2n) is 6.65. The Kier molecular flexibility index (Phi) is 4.59. The minimum atomic E-state index is 0.132. The molecule has 0 radical (unpaired) electrons. The highest BCUT2D eigenvalue weighted by molar-refractivity contribution is 5.92. The van der Waals surface area contributed by atoms with E-state index in [2.05, 4.69) is 17.4 Å². The van der Waals surface area contributed by atoms with Gasteiger partial charge in [-0.05, 0) is 48.8 Å². The first kappa shape index (κ1) is 14.6. The average molecular weight is 286 g/mol. The Bertz CT molecular complexity index is 506. The molecule has 0 aromatic heterocycles. The van der Waals surface area contributed by atoms with Gasteiger partial charge in [0.15, 0.2) is 0 Å². The van der Waals surface area contributed by atoms with E-state index in [1.807, 2.05) is 6.07 Å². The van der Waals surface area contributed by atoms with Crippen molar-refractivity contribution in [2.75, 3.05) is 5.32 Å². The molecule has 3 nitrogen and oxygen atoms in total. The normalized spacial score (nSPS) is 20.7. The average Bonchev–Trinajstić information content (AvgIpc) is 2.92. The van der Waals surface area contributed by atoms with Crippen molar-refractivity contribution in [1.29, 1.82) is 0 Å². The monoisotopic (exact) mass is 286 g/mol. The van der Waals surface area contributed by atoms with Gasteiger partial charge in [0.05, 0.1) is 0 Å². The van der Waals surface area contributed by atoms with Gasteiger partial charge in [0, 0.05) is 18.2 Å². The molecule has 1 aliphatic carbocycles. The zero-order valence-corrected chi connectivity index (χ0v) is 12.7. The number of amides is 1. The maximum atomic E-state index is 11.6. The Hall–Kier alpha value is -1.35. The second-order valence-corrected chi connectivity index (χ2v) is 6.65. The highest BCUT2D eigenvalue weighted by Crippen LogP contribution is 2.32. The molecule has 1 fully saturated rings. The highest BCUT2D eigenvalue weighted by atomic mass is 16.1. The van der Waals surface area contributed by atoms with Crippen LogP contribution in [0.3, 0.4) is 0 Å². The lowest BCUT2D eigenvalue weighted by molar-refractivity contribution is -0.116. The summed E-state index contributed by atoms with van der Waals surface area (Å²) in [5, 5.41) is 2.99. The first-order valence-corrected chi connectivity index (χ1v) is 8.40. The molecule has 1 saturated carbocycles. The summed E-state index contributed by atoms with van der Waals surface area (Å²) in [6.07, 6.45) is 10.4. The van der Waals surface area contributed by atoms with Gasteiger partial charge in [-0.2, -0.15) is 0 Å². The Balaban J connectivity index is 1.64. The standard InChI is InChI=1S/C18H26N2O/c19-16(10-8-13-4-1-2-5-13)14-9-11-17-15(12-14)6-3-7-18(21)20-17/h9,11-13,16H,1-8,10,19H2,(H,20,21). The van der Waals surface area contributed by atoms with Crippen LogP contribution in [0.4, 0.5) is 5.69 Å². The number of rotatable bonds is 4. The number of benzene rings is 1. The quantitative estimate of drug-likeness (QED) is 0.881. The van der Waals surface area contributed by atoms with Gasteiger partial charge in [-0.25, -0.2) is 0 Å². The van der Waals surface area contributed by atoms with E-state index in [-0.39, 0.29) is 11.9 Å². The number of nitrogens with one attached hydrogen (secondary N) is 1. The molecule has 3 heteroatoms. The minimum absolute atomic E-state index is 0.132. The maximum Gasteiger partial charge on any atom is 0.224 e. The van der Waals surface area contributed by atoms with E-state index in [0.717, 1.165) is 30.9 Å². The molecule has 0 saturated heterocycles. The molecule has 1 amide bonds. The molecule has 0 bridgehead atoms. The smallest absolute Gasteiger partial charge is 0.224 e. The summed E-state index contributed by atoms with van der Waals surface area (Å²) in [5.41, 5.74) is 9.83. The first-order chi connectivity index (χ1) is 10.2. The Morgan fingerprint density at radius 3 is 2.81 bits per heavy atom. The fourth-order valence-electron chi connectivity index (χ4n) is 3.71. The SMILES string of the molecule is NC(CCC1CCCC1)c1ccc2c(c1)CCCC(=O)N2. The van der Waals surface area contributed by atoms with Crippen molar-refractivity contribution in [3.63, 3.8) is 0 Å². The fraction of sp³-hybridized carbons (Fsp3) is 0.611. The molecular weight excluding hydrogens is 260 g/mol. The van der Waals surface area contributed by atoms with Gasteiger partial charge in [-0.1, -0.05) is 37.8 Å². The molecular formula is C18H26N2O. The molecule has 1 unspecified atom stereocenters. The predicted octanol–water partition coefficient (Wildman–Crippen LogP) is 3.93. The molecule has 1 aliphatic heterocycles. The number of hydrogen-bond donors (Lipinski definition) is 2. The lowest BCUT2D eigenvalue weighted by atomic mass is 9.93. The van der Waals surface area contributed by atoms with Gasteiger partial charge in [0.2, 0.25) is 5.91 Å². The molecule has 1 atom stereocenters. The molecule has 1 heterocycles. The van der Waals surface area contributed by atoms with Crippen LogP contribution in [0.1, 0.15) is 68.5 Å². The largest absolute Gasteiger partial charge is 0.326 e. The number of nitrogens with two attached hydrogens (primary N) is 1. The zero-order valence-electron chi connectivity index (χ0n) is 12.7. The van der Waals surface area contributed by atoms with Gasteiger partial charge >= 0.3 is 0 Å². The van der Waals surface area contributed by atoms with Crippen LogP contribution in [0.15, 0.2) is 18.2 Å². The van der Waals surface area contributed by atoms with Crippen LogP contribution in [-0.4, -0.2) is 5.91 Å². The van der Waals surface area contributed by atoms with Crippen LogP contribution < -0.4 is 11.1 Å². The second kappa shape index (κ2) is 6.61. The number of anilines is 1. The van der Waals surface area contributed by atoms with Crippen LogP contribution >= 0.6 is 0 Å². The van der Waals surface area contributed by atoms with Gasteiger partial charge in [0.25, 0.3) is 0 Å². The van der Waals surface area contributed by atoms with Crippen LogP contribution in [0.25, 0.3) is 0 Å². The van der Waals surface area contributed by atoms with Gasteiger partial charge in [-0.15, -0.1) is 0 Å². The molecule has 1 aromatic rings. The van der Waals surface area contributed by atoms with Crippen molar-refractivity contribution in [3.05, 3.63) is 29.3 Å². The number of hydrogen-bond acceptors (Lipinski definition) is 2. The summed E-state index contributed by atoms with van der Waals surface area (Å²) in [5.74, 6) is 1.03. The topological polar surface area (TPSA) is 55.1 Å². The summed E-state index contributed by atoms with van der Waals surface area (Å²) >= 11 is 0. The summed E-state index contributed by atoms with van der Waals surface area (Å²) in [4.78, 5) is 11.6. The fourth-order valence-corrected chi connectivity index (χ4v) is 3.71. The third-order valence-corrected chi connectivity index (χ3v) is 5.04. The van der Waals surface area contributed by atoms with Crippen LogP contribution in [0.5, 0.6) is 0 Å². The van der Waals surface area contributed by atoms with Crippen molar-refractivity contribution >= 4 is 11.6 Å². The summed E-state index contributed by atoms with van der Waals surface area (Å²) in [7, 11) is 0. The van der Waals surface area contributed by atoms with E-state index in [1.54, 1.807) is 0 Å². The van der Waals surface area contributed by atoms with Crippen molar-refractivity contribution in [3.8, 4) is 0 Å². The Morgan fingerprint density at radius 1 is 1.19 bits per heavy atom. The Morgan fingerprint density at radius 2 is 2.00 bits per heavy atom. The third kappa shape index (κ3) is 3.65. The van der Waals surface area contributed by atoms with Crippen molar-refractivity contribution in [2.24, 2.45) is 11.7 Å². The van der Waals surface area contributed by atoms with Crippen LogP contribution in [-0.2, 0) is 11.2 Å². The van der Waals surface area contributed by atoms with Crippen molar-refractivity contribution in [1.82, 2.24) is 0 Å². The van der Waals surface area contributed by atoms with E-state index < -0.39 is 0 Å². The molecule has 2 aliphatic rings. The van der Waals surface area contributed by atoms with E-state index >= 15 is 0 Å². The summed E-state index contributed by atoms with van der Waals surface area (Å²) in [6.45, 7) is 0. The number of fused-ring (bicyclic) bond motifs is 1. The number of aryl methyl sites for hydroxylation is 1. The third-order valence-electron chi connectivity index (χ3n) is 5.04. The van der Waals surface area contributed by atoms with Gasteiger partial charge < -0.3 is 11.1 Å². The van der Waals surface area contributed by atoms with Crippen LogP contribution in [0.2, 0.25) is 0 Å².